The standard InChI is InChI=1S/C20H17F2N3O4S2/c21-17-6-1-13(11-18(17)22)19-12-30-20(23-19)24-9-7-16(8-10-24)31(28,29)15-4-2-14(3-5-15)25(26)27/h1-6,11-12,16H,7-10H2. The highest BCUT2D eigenvalue weighted by Gasteiger charge is 2.32. The summed E-state index contributed by atoms with van der Waals surface area (Å²) >= 11 is 1.36. The third-order valence-corrected chi connectivity index (χ3v) is 8.41. The predicted octanol–water partition coefficient (Wildman–Crippen LogP) is 4.44. The number of nitrogens with zero attached hydrogens (tertiary/aromatic N) is 3. The van der Waals surface area contributed by atoms with E-state index in [0.717, 1.165) is 12.1 Å². The molecule has 0 radical (unpaired) electrons. The summed E-state index contributed by atoms with van der Waals surface area (Å²) in [6.07, 6.45) is 0.777. The van der Waals surface area contributed by atoms with Crippen molar-refractivity contribution in [3.05, 3.63) is 69.6 Å². The third kappa shape index (κ3) is 4.28. The molecule has 1 aliphatic rings. The van der Waals surface area contributed by atoms with E-state index in [1.807, 2.05) is 4.90 Å². The first kappa shape index (κ1) is 21.3. The van der Waals surface area contributed by atoms with Gasteiger partial charge in [0.05, 0.1) is 20.8 Å². The summed E-state index contributed by atoms with van der Waals surface area (Å²) in [6.45, 7) is 0.948. The van der Waals surface area contributed by atoms with E-state index in [2.05, 4.69) is 4.98 Å². The number of thiazole rings is 1. The van der Waals surface area contributed by atoms with Gasteiger partial charge in [0, 0.05) is 36.2 Å². The maximum Gasteiger partial charge on any atom is 0.269 e. The summed E-state index contributed by atoms with van der Waals surface area (Å²) in [4.78, 5) is 16.7. The van der Waals surface area contributed by atoms with Crippen molar-refractivity contribution in [2.24, 2.45) is 0 Å². The molecule has 0 spiro atoms. The Morgan fingerprint density at radius 1 is 1.06 bits per heavy atom. The molecule has 1 aromatic heterocycles. The normalized spacial score (nSPS) is 15.2. The number of nitro groups is 1. The van der Waals surface area contributed by atoms with E-state index in [1.165, 1.54) is 41.7 Å². The Morgan fingerprint density at radius 2 is 1.74 bits per heavy atom. The van der Waals surface area contributed by atoms with Crippen LogP contribution in [0.15, 0.2) is 52.7 Å². The molecule has 0 amide bonds. The Kier molecular flexibility index (Phi) is 5.71. The fourth-order valence-electron chi connectivity index (χ4n) is 3.50. The van der Waals surface area contributed by atoms with Gasteiger partial charge in [-0.2, -0.15) is 0 Å². The van der Waals surface area contributed by atoms with Gasteiger partial charge in [-0.15, -0.1) is 11.3 Å². The molecule has 31 heavy (non-hydrogen) atoms. The van der Waals surface area contributed by atoms with Crippen LogP contribution in [-0.2, 0) is 9.84 Å². The smallest absolute Gasteiger partial charge is 0.269 e. The van der Waals surface area contributed by atoms with Crippen LogP contribution in [0, 0.1) is 21.7 Å². The fraction of sp³-hybridized carbons (Fsp3) is 0.250. The summed E-state index contributed by atoms with van der Waals surface area (Å²) in [7, 11) is -3.60. The SMILES string of the molecule is O=[N+]([O-])c1ccc(S(=O)(=O)C2CCN(c3nc(-c4ccc(F)c(F)c4)cs3)CC2)cc1. The van der Waals surface area contributed by atoms with Crippen molar-refractivity contribution in [2.45, 2.75) is 23.0 Å². The van der Waals surface area contributed by atoms with Gasteiger partial charge in [-0.1, -0.05) is 0 Å². The average Bonchev–Trinajstić information content (AvgIpc) is 3.26. The van der Waals surface area contributed by atoms with Gasteiger partial charge in [-0.3, -0.25) is 10.1 Å². The minimum Gasteiger partial charge on any atom is -0.348 e. The average molecular weight is 466 g/mol. The number of hydrogen-bond donors (Lipinski definition) is 0. The van der Waals surface area contributed by atoms with E-state index >= 15 is 0 Å². The van der Waals surface area contributed by atoms with Gasteiger partial charge in [-0.25, -0.2) is 22.2 Å². The molecule has 0 atom stereocenters. The molecule has 0 unspecified atom stereocenters. The number of halogens is 2. The second kappa shape index (κ2) is 8.31. The first-order valence-electron chi connectivity index (χ1n) is 9.40. The molecule has 2 aromatic carbocycles. The molecule has 3 aromatic rings. The highest BCUT2D eigenvalue weighted by Crippen LogP contribution is 2.32. The number of nitro benzene ring substituents is 1. The first-order chi connectivity index (χ1) is 14.8. The predicted molar refractivity (Wildman–Crippen MR) is 113 cm³/mol. The second-order valence-corrected chi connectivity index (χ2v) is 10.2. The number of anilines is 1. The van der Waals surface area contributed by atoms with Crippen molar-refractivity contribution in [3.8, 4) is 11.3 Å². The van der Waals surface area contributed by atoms with E-state index in [-0.39, 0.29) is 10.6 Å². The van der Waals surface area contributed by atoms with Crippen LogP contribution in [-0.4, -0.2) is 36.7 Å². The van der Waals surface area contributed by atoms with Gasteiger partial charge in [-0.05, 0) is 43.2 Å². The lowest BCUT2D eigenvalue weighted by Gasteiger charge is -2.31. The third-order valence-electron chi connectivity index (χ3n) is 5.23. The van der Waals surface area contributed by atoms with E-state index in [1.54, 1.807) is 5.38 Å². The summed E-state index contributed by atoms with van der Waals surface area (Å²) in [5.41, 5.74) is 0.839. The number of piperidine rings is 1. The number of aromatic nitrogens is 1. The van der Waals surface area contributed by atoms with E-state index in [9.17, 15) is 27.3 Å². The number of benzene rings is 2. The van der Waals surface area contributed by atoms with Gasteiger partial charge >= 0.3 is 0 Å². The molecule has 162 valence electrons. The van der Waals surface area contributed by atoms with Gasteiger partial charge < -0.3 is 4.90 Å². The molecule has 4 rings (SSSR count). The van der Waals surface area contributed by atoms with Crippen LogP contribution in [0.3, 0.4) is 0 Å². The summed E-state index contributed by atoms with van der Waals surface area (Å²) < 4.78 is 52.4. The largest absolute Gasteiger partial charge is 0.348 e. The first-order valence-corrected chi connectivity index (χ1v) is 11.8. The highest BCUT2D eigenvalue weighted by molar-refractivity contribution is 7.92. The van der Waals surface area contributed by atoms with Crippen molar-refractivity contribution in [3.63, 3.8) is 0 Å². The molecule has 0 bridgehead atoms. The number of sulfone groups is 1. The monoisotopic (exact) mass is 465 g/mol. The van der Waals surface area contributed by atoms with Crippen LogP contribution < -0.4 is 4.90 Å². The molecule has 11 heteroatoms. The number of non-ortho nitro benzene ring substituents is 1. The zero-order valence-electron chi connectivity index (χ0n) is 16.1. The zero-order valence-corrected chi connectivity index (χ0v) is 17.7. The minimum atomic E-state index is -3.60. The Labute approximate surface area is 181 Å². The van der Waals surface area contributed by atoms with E-state index in [4.69, 9.17) is 0 Å². The lowest BCUT2D eigenvalue weighted by molar-refractivity contribution is -0.384. The van der Waals surface area contributed by atoms with Crippen molar-refractivity contribution in [1.29, 1.82) is 0 Å². The molecule has 0 saturated carbocycles. The van der Waals surface area contributed by atoms with Crippen molar-refractivity contribution in [1.82, 2.24) is 4.98 Å². The van der Waals surface area contributed by atoms with Gasteiger partial charge in [0.25, 0.3) is 5.69 Å². The van der Waals surface area contributed by atoms with Crippen molar-refractivity contribution >= 4 is 32.0 Å². The maximum absolute atomic E-state index is 13.5. The molecule has 7 nitrogen and oxygen atoms in total. The molecule has 2 heterocycles. The summed E-state index contributed by atoms with van der Waals surface area (Å²) in [6, 6.07) is 8.54. The lowest BCUT2D eigenvalue weighted by atomic mass is 10.1. The maximum atomic E-state index is 13.5. The quantitative estimate of drug-likeness (QED) is 0.409. The topological polar surface area (TPSA) is 93.4 Å². The Bertz CT molecular complexity index is 1220. The van der Waals surface area contributed by atoms with E-state index in [0.29, 0.717) is 42.3 Å². The van der Waals surface area contributed by atoms with Gasteiger partial charge in [0.15, 0.2) is 26.6 Å². The van der Waals surface area contributed by atoms with Gasteiger partial charge in [0.2, 0.25) is 0 Å². The van der Waals surface area contributed by atoms with Crippen LogP contribution in [0.1, 0.15) is 12.8 Å². The molecular formula is C20H17F2N3O4S2. The minimum absolute atomic E-state index is 0.0754. The van der Waals surface area contributed by atoms with Crippen molar-refractivity contribution < 1.29 is 22.1 Å². The van der Waals surface area contributed by atoms with Crippen LogP contribution in [0.2, 0.25) is 0 Å². The van der Waals surface area contributed by atoms with Crippen molar-refractivity contribution in [2.75, 3.05) is 18.0 Å². The zero-order chi connectivity index (χ0) is 22.2. The number of rotatable bonds is 5. The van der Waals surface area contributed by atoms with Crippen LogP contribution in [0.4, 0.5) is 19.6 Å². The summed E-state index contributed by atoms with van der Waals surface area (Å²) in [5.74, 6) is -1.86. The number of hydrogen-bond acceptors (Lipinski definition) is 7. The Hall–Kier alpha value is -2.92. The molecule has 1 fully saturated rings. The highest BCUT2D eigenvalue weighted by atomic mass is 32.2. The Morgan fingerprint density at radius 3 is 2.35 bits per heavy atom. The molecule has 0 aliphatic carbocycles. The van der Waals surface area contributed by atoms with Gasteiger partial charge in [0.1, 0.15) is 0 Å². The molecular weight excluding hydrogens is 448 g/mol. The molecule has 1 saturated heterocycles. The molecule has 0 N–H and O–H groups in total. The lowest BCUT2D eigenvalue weighted by Crippen LogP contribution is -2.39. The fourth-order valence-corrected chi connectivity index (χ4v) is 6.13. The Balaban J connectivity index is 1.44. The molecule has 1 aliphatic heterocycles. The summed E-state index contributed by atoms with van der Waals surface area (Å²) in [5, 5.41) is 12.6. The van der Waals surface area contributed by atoms with Crippen LogP contribution in [0.5, 0.6) is 0 Å². The van der Waals surface area contributed by atoms with Crippen LogP contribution >= 0.6 is 11.3 Å². The van der Waals surface area contributed by atoms with E-state index < -0.39 is 31.6 Å². The second-order valence-electron chi connectivity index (χ2n) is 7.13. The van der Waals surface area contributed by atoms with Crippen LogP contribution in [0.25, 0.3) is 11.3 Å².